The van der Waals surface area contributed by atoms with E-state index >= 15 is 4.39 Å². The van der Waals surface area contributed by atoms with E-state index in [0.717, 1.165) is 88.1 Å². The molecule has 0 bridgehead atoms. The first-order valence-electron chi connectivity index (χ1n) is 20.1. The maximum atomic E-state index is 17.3. The lowest BCUT2D eigenvalue weighted by Gasteiger charge is -2.17. The van der Waals surface area contributed by atoms with E-state index in [-0.39, 0.29) is 11.3 Å². The van der Waals surface area contributed by atoms with Gasteiger partial charge in [-0.25, -0.2) is 9.24 Å². The van der Waals surface area contributed by atoms with E-state index in [9.17, 15) is 5.26 Å². The highest BCUT2D eigenvalue weighted by atomic mass is 19.1. The van der Waals surface area contributed by atoms with E-state index in [4.69, 9.17) is 6.57 Å². The first kappa shape index (κ1) is 35.6. The third-order valence-electron chi connectivity index (χ3n) is 11.9. The molecule has 2 heterocycles. The summed E-state index contributed by atoms with van der Waals surface area (Å²) in [5.74, 6) is -0.848. The molecular weight excluding hydrogens is 748 g/mol. The van der Waals surface area contributed by atoms with E-state index in [2.05, 4.69) is 132 Å². The quantitative estimate of drug-likeness (QED) is 0.155. The molecule has 0 atom stereocenters. The molecule has 0 aliphatic carbocycles. The fraction of sp³-hybridized carbons (Fsp3) is 0. The molecule has 0 saturated carbocycles. The van der Waals surface area contributed by atoms with E-state index in [1.807, 2.05) is 88.0 Å². The van der Waals surface area contributed by atoms with Crippen LogP contribution in [0.1, 0.15) is 5.56 Å². The van der Waals surface area contributed by atoms with Crippen LogP contribution in [-0.4, -0.2) is 9.13 Å². The molecule has 0 saturated heterocycles. The Morgan fingerprint density at radius 3 is 1.00 bits per heavy atom. The van der Waals surface area contributed by atoms with E-state index in [0.29, 0.717) is 11.4 Å². The molecule has 11 rings (SSSR count). The summed E-state index contributed by atoms with van der Waals surface area (Å²) in [7, 11) is 0. The number of nitrogens with zero attached hydrogens (tertiary/aromatic N) is 4. The van der Waals surface area contributed by atoms with Gasteiger partial charge in [0.25, 0.3) is 0 Å². The van der Waals surface area contributed by atoms with Crippen LogP contribution in [0.3, 0.4) is 0 Å². The van der Waals surface area contributed by atoms with Crippen molar-refractivity contribution in [1.29, 1.82) is 5.26 Å². The molecule has 5 heteroatoms. The molecule has 9 aromatic carbocycles. The topological polar surface area (TPSA) is 38.0 Å². The van der Waals surface area contributed by atoms with Gasteiger partial charge < -0.3 is 9.13 Å². The SMILES string of the molecule is [C-]#[N+]c1c(-n2c3ccc(-c4ccccc4)cc3c3cc(-c4ccccc4)ccc32)cc(-n2c3ccc(-c4ccccc4)cc3c3cc(-c4ccccc4)ccc32)c(C#N)c1F. The highest BCUT2D eigenvalue weighted by Gasteiger charge is 2.26. The van der Waals surface area contributed by atoms with E-state index in [1.165, 1.54) is 0 Å². The first-order valence-corrected chi connectivity index (χ1v) is 20.1. The molecule has 2 aromatic heterocycles. The van der Waals surface area contributed by atoms with Crippen molar-refractivity contribution in [2.75, 3.05) is 0 Å². The summed E-state index contributed by atoms with van der Waals surface area (Å²) in [6, 6.07) is 70.2. The van der Waals surface area contributed by atoms with Crippen molar-refractivity contribution in [2.45, 2.75) is 0 Å². The lowest BCUT2D eigenvalue weighted by molar-refractivity contribution is 0.628. The molecule has 0 N–H and O–H groups in total. The van der Waals surface area contributed by atoms with Crippen LogP contribution in [-0.2, 0) is 0 Å². The third-order valence-corrected chi connectivity index (χ3v) is 11.9. The number of nitriles is 1. The number of hydrogen-bond acceptors (Lipinski definition) is 1. The van der Waals surface area contributed by atoms with Crippen molar-refractivity contribution >= 4 is 49.3 Å². The smallest absolute Gasteiger partial charge is 0.246 e. The Kier molecular flexibility index (Phi) is 8.41. The molecule has 4 nitrogen and oxygen atoms in total. The Morgan fingerprint density at radius 1 is 0.393 bits per heavy atom. The minimum atomic E-state index is -0.848. The second-order valence-corrected chi connectivity index (χ2v) is 15.2. The van der Waals surface area contributed by atoms with Crippen molar-refractivity contribution < 1.29 is 4.39 Å². The zero-order chi connectivity index (χ0) is 41.0. The third kappa shape index (κ3) is 5.80. The van der Waals surface area contributed by atoms with Crippen LogP contribution in [0, 0.1) is 23.7 Å². The second kappa shape index (κ2) is 14.4. The Bertz CT molecular complexity index is 3160. The van der Waals surface area contributed by atoms with Crippen LogP contribution in [0.5, 0.6) is 0 Å². The maximum absolute atomic E-state index is 17.3. The fourth-order valence-electron chi connectivity index (χ4n) is 8.98. The average Bonchev–Trinajstić information content (AvgIpc) is 3.83. The lowest BCUT2D eigenvalue weighted by Crippen LogP contribution is -2.05. The zero-order valence-electron chi connectivity index (χ0n) is 32.7. The first-order chi connectivity index (χ1) is 30.1. The van der Waals surface area contributed by atoms with Gasteiger partial charge in [-0.15, -0.1) is 0 Å². The van der Waals surface area contributed by atoms with Crippen LogP contribution < -0.4 is 0 Å². The molecule has 11 aromatic rings. The molecule has 0 spiro atoms. The number of benzene rings is 9. The standard InChI is InChI=1S/C56H33FN4/c1-59-56-54(61-51-28-24-42(38-18-10-4-11-19-38)32-46(51)47-33-43(25-29-52(47)61)39-20-12-5-13-21-39)34-53(48(35-58)55(56)57)60-49-26-22-40(36-14-6-2-7-15-36)30-44(49)45-31-41(23-27-50(45)60)37-16-8-3-9-17-37/h2-34H. The van der Waals surface area contributed by atoms with Gasteiger partial charge in [0.05, 0.1) is 40.0 Å². The highest BCUT2D eigenvalue weighted by molar-refractivity contribution is 6.14. The van der Waals surface area contributed by atoms with Crippen molar-refractivity contribution in [3.63, 3.8) is 0 Å². The summed E-state index contributed by atoms with van der Waals surface area (Å²) in [5, 5.41) is 14.6. The molecule has 0 aliphatic rings. The van der Waals surface area contributed by atoms with Gasteiger partial charge in [-0.1, -0.05) is 146 Å². The Balaban J connectivity index is 1.22. The van der Waals surface area contributed by atoms with Crippen LogP contribution in [0.25, 0.3) is 104 Å². The average molecular weight is 781 g/mol. The number of aromatic nitrogens is 2. The Morgan fingerprint density at radius 2 is 0.705 bits per heavy atom. The molecule has 0 unspecified atom stereocenters. The van der Waals surface area contributed by atoms with Gasteiger partial charge in [-0.2, -0.15) is 5.26 Å². The van der Waals surface area contributed by atoms with Crippen LogP contribution >= 0.6 is 0 Å². The largest absolute Gasteiger partial charge is 0.319 e. The van der Waals surface area contributed by atoms with Gasteiger partial charge in [0.1, 0.15) is 11.6 Å². The summed E-state index contributed by atoms with van der Waals surface area (Å²) >= 11 is 0. The highest BCUT2D eigenvalue weighted by Crippen LogP contribution is 2.44. The van der Waals surface area contributed by atoms with Gasteiger partial charge in [-0.3, -0.25) is 0 Å². The summed E-state index contributed by atoms with van der Waals surface area (Å²) in [4.78, 5) is 3.81. The van der Waals surface area contributed by atoms with Gasteiger partial charge in [-0.05, 0) is 99.1 Å². The normalized spacial score (nSPS) is 11.3. The summed E-state index contributed by atoms with van der Waals surface area (Å²) < 4.78 is 21.2. The lowest BCUT2D eigenvalue weighted by atomic mass is 10.0. The van der Waals surface area contributed by atoms with E-state index in [1.54, 1.807) is 0 Å². The molecule has 0 fully saturated rings. The predicted molar refractivity (Wildman–Crippen MR) is 248 cm³/mol. The summed E-state index contributed by atoms with van der Waals surface area (Å²) in [5.41, 5.74) is 12.1. The van der Waals surface area contributed by atoms with Crippen molar-refractivity contribution in [1.82, 2.24) is 9.13 Å². The summed E-state index contributed by atoms with van der Waals surface area (Å²) in [6.07, 6.45) is 0. The molecule has 284 valence electrons. The number of rotatable bonds is 6. The predicted octanol–water partition coefficient (Wildman–Crippen LogP) is 15.1. The monoisotopic (exact) mass is 780 g/mol. The molecule has 0 radical (unpaired) electrons. The number of fused-ring (bicyclic) bond motifs is 6. The van der Waals surface area contributed by atoms with Crippen LogP contribution in [0.2, 0.25) is 0 Å². The Hall–Kier alpha value is -8.51. The molecular formula is C56H33FN4. The molecule has 0 amide bonds. The van der Waals surface area contributed by atoms with Crippen molar-refractivity contribution in [3.05, 3.63) is 223 Å². The maximum Gasteiger partial charge on any atom is 0.246 e. The van der Waals surface area contributed by atoms with Crippen molar-refractivity contribution in [3.8, 4) is 62.0 Å². The molecule has 0 aliphatic heterocycles. The van der Waals surface area contributed by atoms with Gasteiger partial charge in [0, 0.05) is 21.5 Å². The second-order valence-electron chi connectivity index (χ2n) is 15.2. The zero-order valence-corrected chi connectivity index (χ0v) is 32.7. The van der Waals surface area contributed by atoms with Crippen molar-refractivity contribution in [2.24, 2.45) is 0 Å². The van der Waals surface area contributed by atoms with Gasteiger partial charge in [0.2, 0.25) is 5.69 Å². The van der Waals surface area contributed by atoms with E-state index < -0.39 is 5.82 Å². The number of halogens is 1. The van der Waals surface area contributed by atoms with Gasteiger partial charge >= 0.3 is 0 Å². The minimum absolute atomic E-state index is 0.189. The fourth-order valence-corrected chi connectivity index (χ4v) is 8.98. The Labute approximate surface area is 351 Å². The van der Waals surface area contributed by atoms with Crippen LogP contribution in [0.15, 0.2) is 200 Å². The molecule has 61 heavy (non-hydrogen) atoms. The minimum Gasteiger partial charge on any atom is -0.319 e. The summed E-state index contributed by atoms with van der Waals surface area (Å²) in [6.45, 7) is 8.38. The van der Waals surface area contributed by atoms with Gasteiger partial charge in [0.15, 0.2) is 5.82 Å². The number of hydrogen-bond donors (Lipinski definition) is 0. The van der Waals surface area contributed by atoms with Crippen LogP contribution in [0.4, 0.5) is 10.1 Å².